The van der Waals surface area contributed by atoms with Gasteiger partial charge in [-0.05, 0) is 18.9 Å². The van der Waals surface area contributed by atoms with Crippen molar-refractivity contribution in [2.24, 2.45) is 0 Å². The Hall–Kier alpha value is -1.16. The van der Waals surface area contributed by atoms with Crippen LogP contribution in [-0.2, 0) is 0 Å². The van der Waals surface area contributed by atoms with Crippen LogP contribution in [0.2, 0.25) is 5.02 Å². The minimum atomic E-state index is -0.508. The molecular weight excluding hydrogens is 265 g/mol. The third-order valence-corrected chi connectivity index (χ3v) is 3.50. The molecule has 0 atom stereocenters. The largest absolute Gasteiger partial charge is 0.397 e. The van der Waals surface area contributed by atoms with E-state index in [1.165, 1.54) is 6.07 Å². The van der Waals surface area contributed by atoms with E-state index >= 15 is 0 Å². The summed E-state index contributed by atoms with van der Waals surface area (Å²) in [6, 6.07) is 1.53. The first kappa shape index (κ1) is 15.9. The SMILES string of the molecule is CCCCN(CCCC)c1c(N)cc(N)c(Cl)c1F. The van der Waals surface area contributed by atoms with Crippen LogP contribution < -0.4 is 16.4 Å². The van der Waals surface area contributed by atoms with Gasteiger partial charge in [-0.2, -0.15) is 0 Å². The van der Waals surface area contributed by atoms with Gasteiger partial charge in [0.15, 0.2) is 5.82 Å². The molecule has 0 saturated heterocycles. The molecule has 0 bridgehead atoms. The molecule has 108 valence electrons. The van der Waals surface area contributed by atoms with Crippen LogP contribution in [0, 0.1) is 5.82 Å². The molecule has 0 spiro atoms. The van der Waals surface area contributed by atoms with Gasteiger partial charge in [-0.1, -0.05) is 38.3 Å². The molecule has 0 amide bonds. The fourth-order valence-electron chi connectivity index (χ4n) is 2.01. The molecule has 0 aliphatic heterocycles. The number of nitrogens with zero attached hydrogens (tertiary/aromatic N) is 1. The molecule has 0 aliphatic rings. The van der Waals surface area contributed by atoms with Gasteiger partial charge >= 0.3 is 0 Å². The van der Waals surface area contributed by atoms with Crippen LogP contribution >= 0.6 is 11.6 Å². The lowest BCUT2D eigenvalue weighted by atomic mass is 10.1. The maximum atomic E-state index is 14.3. The maximum Gasteiger partial charge on any atom is 0.169 e. The maximum absolute atomic E-state index is 14.3. The van der Waals surface area contributed by atoms with Crippen molar-refractivity contribution in [3.8, 4) is 0 Å². The summed E-state index contributed by atoms with van der Waals surface area (Å²) in [5.41, 5.74) is 12.5. The van der Waals surface area contributed by atoms with E-state index < -0.39 is 5.82 Å². The van der Waals surface area contributed by atoms with Crippen molar-refractivity contribution in [3.05, 3.63) is 16.9 Å². The van der Waals surface area contributed by atoms with Gasteiger partial charge in [-0.3, -0.25) is 0 Å². The Bertz CT molecular complexity index is 416. The molecular formula is C14H23ClFN3. The molecule has 1 aromatic carbocycles. The van der Waals surface area contributed by atoms with E-state index in [2.05, 4.69) is 13.8 Å². The zero-order chi connectivity index (χ0) is 14.4. The Kier molecular flexibility index (Phi) is 6.22. The molecule has 1 rings (SSSR count). The molecule has 19 heavy (non-hydrogen) atoms. The molecule has 0 heterocycles. The minimum Gasteiger partial charge on any atom is -0.397 e. The number of hydrogen-bond donors (Lipinski definition) is 2. The molecule has 4 N–H and O–H groups in total. The highest BCUT2D eigenvalue weighted by Gasteiger charge is 2.19. The molecule has 3 nitrogen and oxygen atoms in total. The van der Waals surface area contributed by atoms with E-state index in [0.29, 0.717) is 11.4 Å². The Morgan fingerprint density at radius 2 is 1.63 bits per heavy atom. The quantitative estimate of drug-likeness (QED) is 0.744. The lowest BCUT2D eigenvalue weighted by Gasteiger charge is -2.27. The van der Waals surface area contributed by atoms with E-state index in [0.717, 1.165) is 38.8 Å². The lowest BCUT2D eigenvalue weighted by molar-refractivity contribution is 0.606. The van der Waals surface area contributed by atoms with E-state index in [1.54, 1.807) is 0 Å². The van der Waals surface area contributed by atoms with Gasteiger partial charge in [0, 0.05) is 13.1 Å². The van der Waals surface area contributed by atoms with Gasteiger partial charge in [0.05, 0.1) is 17.1 Å². The Labute approximate surface area is 119 Å². The predicted molar refractivity (Wildman–Crippen MR) is 82.3 cm³/mol. The number of nitrogen functional groups attached to an aromatic ring is 2. The summed E-state index contributed by atoms with van der Waals surface area (Å²) in [7, 11) is 0. The van der Waals surface area contributed by atoms with Crippen molar-refractivity contribution in [3.63, 3.8) is 0 Å². The molecule has 1 aromatic rings. The van der Waals surface area contributed by atoms with Crippen LogP contribution in [0.1, 0.15) is 39.5 Å². The smallest absolute Gasteiger partial charge is 0.169 e. The van der Waals surface area contributed by atoms with Crippen LogP contribution in [0.15, 0.2) is 6.07 Å². The predicted octanol–water partition coefficient (Wildman–Crippen LogP) is 4.05. The van der Waals surface area contributed by atoms with Crippen LogP contribution in [0.4, 0.5) is 21.5 Å². The number of rotatable bonds is 7. The minimum absolute atomic E-state index is 0.0396. The highest BCUT2D eigenvalue weighted by atomic mass is 35.5. The summed E-state index contributed by atoms with van der Waals surface area (Å²) in [5.74, 6) is -0.508. The number of hydrogen-bond acceptors (Lipinski definition) is 3. The number of anilines is 3. The van der Waals surface area contributed by atoms with Crippen LogP contribution in [0.25, 0.3) is 0 Å². The van der Waals surface area contributed by atoms with E-state index in [9.17, 15) is 4.39 Å². The van der Waals surface area contributed by atoms with E-state index in [1.807, 2.05) is 4.90 Å². The second kappa shape index (κ2) is 7.43. The van der Waals surface area contributed by atoms with Crippen molar-refractivity contribution in [1.82, 2.24) is 0 Å². The highest BCUT2D eigenvalue weighted by Crippen LogP contribution is 2.36. The summed E-state index contributed by atoms with van der Waals surface area (Å²) in [6.45, 7) is 5.76. The zero-order valence-electron chi connectivity index (χ0n) is 11.7. The van der Waals surface area contributed by atoms with Gasteiger partial charge in [0.25, 0.3) is 0 Å². The summed E-state index contributed by atoms with van der Waals surface area (Å²) in [5, 5.41) is -0.0396. The second-order valence-electron chi connectivity index (χ2n) is 4.73. The van der Waals surface area contributed by atoms with Crippen molar-refractivity contribution >= 4 is 28.7 Å². The van der Waals surface area contributed by atoms with E-state index in [4.69, 9.17) is 23.1 Å². The number of halogens is 2. The molecule has 0 saturated carbocycles. The molecule has 5 heteroatoms. The summed E-state index contributed by atoms with van der Waals surface area (Å²) < 4.78 is 14.3. The molecule has 0 aromatic heterocycles. The first-order valence-electron chi connectivity index (χ1n) is 6.80. The van der Waals surface area contributed by atoms with Crippen LogP contribution in [0.3, 0.4) is 0 Å². The van der Waals surface area contributed by atoms with Crippen molar-refractivity contribution in [2.75, 3.05) is 29.5 Å². The molecule has 0 fully saturated rings. The average Bonchev–Trinajstić information content (AvgIpc) is 2.38. The van der Waals surface area contributed by atoms with Crippen LogP contribution in [0.5, 0.6) is 0 Å². The average molecular weight is 288 g/mol. The number of unbranched alkanes of at least 4 members (excludes halogenated alkanes) is 2. The third kappa shape index (κ3) is 3.90. The van der Waals surface area contributed by atoms with Crippen molar-refractivity contribution in [2.45, 2.75) is 39.5 Å². The van der Waals surface area contributed by atoms with Gasteiger partial charge < -0.3 is 16.4 Å². The third-order valence-electron chi connectivity index (χ3n) is 3.12. The number of nitrogens with two attached hydrogens (primary N) is 2. The summed E-state index contributed by atoms with van der Waals surface area (Å²) in [4.78, 5) is 1.98. The highest BCUT2D eigenvalue weighted by molar-refractivity contribution is 6.33. The summed E-state index contributed by atoms with van der Waals surface area (Å²) >= 11 is 5.88. The number of benzene rings is 1. The summed E-state index contributed by atoms with van der Waals surface area (Å²) in [6.07, 6.45) is 4.08. The Morgan fingerprint density at radius 3 is 2.11 bits per heavy atom. The zero-order valence-corrected chi connectivity index (χ0v) is 12.4. The van der Waals surface area contributed by atoms with Gasteiger partial charge in [-0.15, -0.1) is 0 Å². The Morgan fingerprint density at radius 1 is 1.11 bits per heavy atom. The van der Waals surface area contributed by atoms with Gasteiger partial charge in [-0.25, -0.2) is 4.39 Å². The second-order valence-corrected chi connectivity index (χ2v) is 5.10. The van der Waals surface area contributed by atoms with Crippen molar-refractivity contribution in [1.29, 1.82) is 0 Å². The fourth-order valence-corrected chi connectivity index (χ4v) is 2.16. The fraction of sp³-hybridized carbons (Fsp3) is 0.571. The monoisotopic (exact) mass is 287 g/mol. The van der Waals surface area contributed by atoms with Gasteiger partial charge in [0.2, 0.25) is 0 Å². The standard InChI is InChI=1S/C14H23ClFN3/c1-3-5-7-19(8-6-4-2)14-11(18)9-10(17)12(15)13(14)16/h9H,3-8,17-18H2,1-2H3. The van der Waals surface area contributed by atoms with Gasteiger partial charge in [0.1, 0.15) is 5.02 Å². The van der Waals surface area contributed by atoms with Crippen molar-refractivity contribution < 1.29 is 4.39 Å². The van der Waals surface area contributed by atoms with Crippen LogP contribution in [-0.4, -0.2) is 13.1 Å². The Balaban J connectivity index is 3.09. The first-order chi connectivity index (χ1) is 9.02. The first-order valence-corrected chi connectivity index (χ1v) is 7.18. The molecule has 0 unspecified atom stereocenters. The lowest BCUT2D eigenvalue weighted by Crippen LogP contribution is -2.27. The normalized spacial score (nSPS) is 10.7. The molecule has 0 radical (unpaired) electrons. The molecule has 0 aliphatic carbocycles. The van der Waals surface area contributed by atoms with E-state index in [-0.39, 0.29) is 10.7 Å². The topological polar surface area (TPSA) is 55.3 Å².